The van der Waals surface area contributed by atoms with Crippen molar-refractivity contribution in [1.82, 2.24) is 19.9 Å². The van der Waals surface area contributed by atoms with E-state index in [0.717, 1.165) is 10.8 Å². The number of ether oxygens (including phenoxy) is 1. The van der Waals surface area contributed by atoms with Gasteiger partial charge in [-0.1, -0.05) is 18.2 Å². The van der Waals surface area contributed by atoms with Crippen LogP contribution in [-0.2, 0) is 0 Å². The van der Waals surface area contributed by atoms with Crippen molar-refractivity contribution in [3.63, 3.8) is 0 Å². The highest BCUT2D eigenvalue weighted by Gasteiger charge is 2.14. The second-order valence-electron chi connectivity index (χ2n) is 6.70. The number of likely N-dealkylation sites (N-methyl/N-ethyl adjacent to an activating group) is 1. The van der Waals surface area contributed by atoms with Crippen LogP contribution in [0.3, 0.4) is 0 Å². The van der Waals surface area contributed by atoms with E-state index in [4.69, 9.17) is 4.74 Å². The van der Waals surface area contributed by atoms with E-state index in [9.17, 15) is 5.26 Å². The summed E-state index contributed by atoms with van der Waals surface area (Å²) in [5.41, 5.74) is 1.34. The lowest BCUT2D eigenvalue weighted by atomic mass is 10.1. The van der Waals surface area contributed by atoms with Gasteiger partial charge in [0.15, 0.2) is 5.82 Å². The molecule has 0 bridgehead atoms. The molecule has 7 heteroatoms. The SMILES string of the molecule is Cc1cccc2cc(Nc3cnc(C#N)c(OC(C)CN(C)C)n3)ncc12. The Morgan fingerprint density at radius 1 is 1.22 bits per heavy atom. The molecule has 0 spiro atoms. The van der Waals surface area contributed by atoms with Gasteiger partial charge >= 0.3 is 0 Å². The number of fused-ring (bicyclic) bond motifs is 1. The number of nitriles is 1. The Balaban J connectivity index is 1.85. The molecular formula is C20H22N6O. The molecule has 2 heterocycles. The van der Waals surface area contributed by atoms with Crippen LogP contribution in [0.4, 0.5) is 11.6 Å². The molecule has 27 heavy (non-hydrogen) atoms. The Labute approximate surface area is 158 Å². The van der Waals surface area contributed by atoms with Crippen LogP contribution < -0.4 is 10.1 Å². The first kappa shape index (κ1) is 18.5. The number of rotatable bonds is 6. The van der Waals surface area contributed by atoms with Crippen molar-refractivity contribution >= 4 is 22.4 Å². The number of aryl methyl sites for hydroxylation is 1. The van der Waals surface area contributed by atoms with Gasteiger partial charge in [0.25, 0.3) is 5.88 Å². The molecule has 0 amide bonds. The Bertz CT molecular complexity index is 995. The number of nitrogens with zero attached hydrogens (tertiary/aromatic N) is 5. The van der Waals surface area contributed by atoms with E-state index < -0.39 is 0 Å². The highest BCUT2D eigenvalue weighted by molar-refractivity contribution is 5.87. The molecule has 1 N–H and O–H groups in total. The van der Waals surface area contributed by atoms with E-state index in [-0.39, 0.29) is 17.7 Å². The third kappa shape index (κ3) is 4.49. The van der Waals surface area contributed by atoms with Crippen molar-refractivity contribution in [2.45, 2.75) is 20.0 Å². The average molecular weight is 362 g/mol. The van der Waals surface area contributed by atoms with Gasteiger partial charge in [0, 0.05) is 18.1 Å². The number of anilines is 2. The summed E-state index contributed by atoms with van der Waals surface area (Å²) in [5.74, 6) is 1.34. The summed E-state index contributed by atoms with van der Waals surface area (Å²) in [6, 6.07) is 10.1. The smallest absolute Gasteiger partial charge is 0.253 e. The first-order valence-electron chi connectivity index (χ1n) is 8.67. The molecule has 1 atom stereocenters. The quantitative estimate of drug-likeness (QED) is 0.720. The minimum Gasteiger partial charge on any atom is -0.471 e. The van der Waals surface area contributed by atoms with Gasteiger partial charge in [-0.25, -0.2) is 9.97 Å². The molecule has 3 rings (SSSR count). The molecule has 7 nitrogen and oxygen atoms in total. The fourth-order valence-electron chi connectivity index (χ4n) is 2.86. The molecule has 0 saturated carbocycles. The number of pyridine rings is 1. The van der Waals surface area contributed by atoms with Crippen molar-refractivity contribution in [1.29, 1.82) is 5.26 Å². The topological polar surface area (TPSA) is 87.0 Å². The summed E-state index contributed by atoms with van der Waals surface area (Å²) < 4.78 is 5.81. The van der Waals surface area contributed by atoms with Crippen molar-refractivity contribution in [2.24, 2.45) is 0 Å². The van der Waals surface area contributed by atoms with Gasteiger partial charge in [-0.05, 0) is 45.0 Å². The van der Waals surface area contributed by atoms with Gasteiger partial charge < -0.3 is 15.0 Å². The van der Waals surface area contributed by atoms with Gasteiger partial charge in [0.2, 0.25) is 5.69 Å². The van der Waals surface area contributed by atoms with Crippen LogP contribution in [0.2, 0.25) is 0 Å². The molecular weight excluding hydrogens is 340 g/mol. The molecule has 0 aliphatic carbocycles. The van der Waals surface area contributed by atoms with E-state index in [2.05, 4.69) is 33.3 Å². The highest BCUT2D eigenvalue weighted by Crippen LogP contribution is 2.23. The van der Waals surface area contributed by atoms with Gasteiger partial charge in [-0.3, -0.25) is 0 Å². The Kier molecular flexibility index (Phi) is 5.48. The predicted octanol–water partition coefficient (Wildman–Crippen LogP) is 3.28. The maximum Gasteiger partial charge on any atom is 0.253 e. The molecule has 0 aliphatic heterocycles. The lowest BCUT2D eigenvalue weighted by Crippen LogP contribution is -2.28. The number of nitrogens with one attached hydrogen (secondary N) is 1. The van der Waals surface area contributed by atoms with Crippen LogP contribution in [0.1, 0.15) is 18.2 Å². The van der Waals surface area contributed by atoms with Crippen molar-refractivity contribution < 1.29 is 4.74 Å². The normalized spacial score (nSPS) is 12.0. The van der Waals surface area contributed by atoms with E-state index in [1.807, 2.05) is 56.4 Å². The molecule has 0 fully saturated rings. The zero-order chi connectivity index (χ0) is 19.4. The summed E-state index contributed by atoms with van der Waals surface area (Å²) in [5, 5.41) is 14.6. The zero-order valence-electron chi connectivity index (χ0n) is 15.9. The molecule has 0 aliphatic rings. The van der Waals surface area contributed by atoms with Gasteiger partial charge in [-0.15, -0.1) is 0 Å². The Morgan fingerprint density at radius 2 is 2.04 bits per heavy atom. The molecule has 2 aromatic heterocycles. The summed E-state index contributed by atoms with van der Waals surface area (Å²) in [7, 11) is 3.92. The van der Waals surface area contributed by atoms with Crippen LogP contribution in [0.5, 0.6) is 5.88 Å². The lowest BCUT2D eigenvalue weighted by Gasteiger charge is -2.18. The summed E-state index contributed by atoms with van der Waals surface area (Å²) in [6.45, 7) is 4.69. The Morgan fingerprint density at radius 3 is 2.78 bits per heavy atom. The largest absolute Gasteiger partial charge is 0.471 e. The summed E-state index contributed by atoms with van der Waals surface area (Å²) >= 11 is 0. The van der Waals surface area contributed by atoms with Crippen molar-refractivity contribution in [2.75, 3.05) is 26.0 Å². The second-order valence-corrected chi connectivity index (χ2v) is 6.70. The van der Waals surface area contributed by atoms with Crippen LogP contribution in [0, 0.1) is 18.3 Å². The highest BCUT2D eigenvalue weighted by atomic mass is 16.5. The maximum atomic E-state index is 9.26. The zero-order valence-corrected chi connectivity index (χ0v) is 15.9. The second kappa shape index (κ2) is 7.98. The lowest BCUT2D eigenvalue weighted by molar-refractivity contribution is 0.169. The fourth-order valence-corrected chi connectivity index (χ4v) is 2.86. The van der Waals surface area contributed by atoms with E-state index >= 15 is 0 Å². The molecule has 0 radical (unpaired) electrons. The van der Waals surface area contributed by atoms with E-state index in [0.29, 0.717) is 18.2 Å². The number of benzene rings is 1. The van der Waals surface area contributed by atoms with E-state index in [1.165, 1.54) is 11.8 Å². The van der Waals surface area contributed by atoms with E-state index in [1.54, 1.807) is 0 Å². The maximum absolute atomic E-state index is 9.26. The Hall–Kier alpha value is -3.24. The minimum atomic E-state index is -0.126. The minimum absolute atomic E-state index is 0.126. The third-order valence-electron chi connectivity index (χ3n) is 4.02. The fraction of sp³-hybridized carbons (Fsp3) is 0.300. The summed E-state index contributed by atoms with van der Waals surface area (Å²) in [6.07, 6.45) is 3.21. The van der Waals surface area contributed by atoms with Crippen molar-refractivity contribution in [3.05, 3.63) is 47.9 Å². The number of aromatic nitrogens is 3. The van der Waals surface area contributed by atoms with Gasteiger partial charge in [0.1, 0.15) is 18.0 Å². The monoisotopic (exact) mass is 362 g/mol. The number of hydrogen-bond acceptors (Lipinski definition) is 7. The average Bonchev–Trinajstić information content (AvgIpc) is 2.61. The molecule has 138 valence electrons. The van der Waals surface area contributed by atoms with Crippen LogP contribution in [0.15, 0.2) is 36.7 Å². The van der Waals surface area contributed by atoms with Gasteiger partial charge in [-0.2, -0.15) is 10.2 Å². The summed E-state index contributed by atoms with van der Waals surface area (Å²) in [4.78, 5) is 15.0. The predicted molar refractivity (Wildman–Crippen MR) is 105 cm³/mol. The molecule has 1 unspecified atom stereocenters. The standard InChI is InChI=1S/C20H22N6O/c1-13-6-5-7-15-8-18(23-10-16(13)15)24-19-11-22-17(9-21)20(25-19)27-14(2)12-26(3)4/h5-8,10-11,14H,12H2,1-4H3,(H,23,24,25). The van der Waals surface area contributed by atoms with Crippen LogP contribution in [-0.4, -0.2) is 46.6 Å². The van der Waals surface area contributed by atoms with Crippen LogP contribution >= 0.6 is 0 Å². The molecule has 1 aromatic carbocycles. The molecule has 0 saturated heterocycles. The first-order chi connectivity index (χ1) is 13.0. The third-order valence-corrected chi connectivity index (χ3v) is 4.02. The first-order valence-corrected chi connectivity index (χ1v) is 8.67. The number of hydrogen-bond donors (Lipinski definition) is 1. The van der Waals surface area contributed by atoms with Gasteiger partial charge in [0.05, 0.1) is 6.20 Å². The van der Waals surface area contributed by atoms with Crippen LogP contribution in [0.25, 0.3) is 10.8 Å². The van der Waals surface area contributed by atoms with Crippen molar-refractivity contribution in [3.8, 4) is 11.9 Å². The molecule has 3 aromatic rings.